The number of hydrogen-bond donors (Lipinski definition) is 4. The first kappa shape index (κ1) is 18.2. The Morgan fingerprint density at radius 3 is 1.90 bits per heavy atom. The quantitative estimate of drug-likeness (QED) is 0.518. The SMILES string of the molecule is CC(C)C(CNC(=O)NCC(=O)NCC(=O)O)C(C)C. The van der Waals surface area contributed by atoms with Crippen LogP contribution in [-0.2, 0) is 9.59 Å². The van der Waals surface area contributed by atoms with Gasteiger partial charge in [0.1, 0.15) is 6.54 Å². The zero-order chi connectivity index (χ0) is 15.7. The van der Waals surface area contributed by atoms with Gasteiger partial charge >= 0.3 is 12.0 Å². The zero-order valence-corrected chi connectivity index (χ0v) is 12.5. The lowest BCUT2D eigenvalue weighted by Crippen LogP contribution is -2.45. The van der Waals surface area contributed by atoms with Gasteiger partial charge < -0.3 is 21.1 Å². The van der Waals surface area contributed by atoms with Crippen LogP contribution in [0.2, 0.25) is 0 Å². The maximum Gasteiger partial charge on any atom is 0.322 e. The Kier molecular flexibility index (Phi) is 8.35. The summed E-state index contributed by atoms with van der Waals surface area (Å²) < 4.78 is 0. The molecule has 0 fully saturated rings. The van der Waals surface area contributed by atoms with Crippen molar-refractivity contribution in [3.63, 3.8) is 0 Å². The van der Waals surface area contributed by atoms with E-state index in [2.05, 4.69) is 43.6 Å². The minimum Gasteiger partial charge on any atom is -0.480 e. The first-order valence-corrected chi connectivity index (χ1v) is 6.74. The summed E-state index contributed by atoms with van der Waals surface area (Å²) in [5.41, 5.74) is 0. The van der Waals surface area contributed by atoms with Gasteiger partial charge in [-0.05, 0) is 17.8 Å². The van der Waals surface area contributed by atoms with Crippen molar-refractivity contribution in [2.24, 2.45) is 17.8 Å². The fourth-order valence-corrected chi connectivity index (χ4v) is 1.91. The van der Waals surface area contributed by atoms with E-state index in [1.54, 1.807) is 0 Å². The van der Waals surface area contributed by atoms with Crippen molar-refractivity contribution in [1.29, 1.82) is 0 Å². The summed E-state index contributed by atoms with van der Waals surface area (Å²) in [6.45, 7) is 8.25. The largest absolute Gasteiger partial charge is 0.480 e. The summed E-state index contributed by atoms with van der Waals surface area (Å²) in [6, 6.07) is -0.429. The molecule has 0 bridgehead atoms. The molecule has 0 aromatic rings. The predicted octanol–water partition coefficient (Wildman–Crippen LogP) is 0.415. The van der Waals surface area contributed by atoms with Crippen LogP contribution in [0.3, 0.4) is 0 Å². The second-order valence-electron chi connectivity index (χ2n) is 5.39. The maximum atomic E-state index is 11.5. The molecular formula is C13H25N3O4. The third-order valence-corrected chi connectivity index (χ3v) is 3.06. The molecule has 0 saturated heterocycles. The number of carbonyl (C=O) groups excluding carboxylic acids is 2. The smallest absolute Gasteiger partial charge is 0.322 e. The molecule has 0 aromatic carbocycles. The number of carbonyl (C=O) groups is 3. The van der Waals surface area contributed by atoms with Gasteiger partial charge in [-0.25, -0.2) is 4.79 Å². The molecule has 0 atom stereocenters. The van der Waals surface area contributed by atoms with Crippen LogP contribution in [0.25, 0.3) is 0 Å². The third-order valence-electron chi connectivity index (χ3n) is 3.06. The molecule has 0 aliphatic rings. The number of carboxylic acid groups (broad SMARTS) is 1. The molecule has 0 aromatic heterocycles. The molecule has 0 heterocycles. The average molecular weight is 287 g/mol. The summed E-state index contributed by atoms with van der Waals surface area (Å²) in [4.78, 5) is 32.9. The van der Waals surface area contributed by atoms with Crippen molar-refractivity contribution < 1.29 is 19.5 Å². The topological polar surface area (TPSA) is 108 Å². The molecule has 7 heteroatoms. The van der Waals surface area contributed by atoms with Gasteiger partial charge in [-0.15, -0.1) is 0 Å². The number of carboxylic acids is 1. The van der Waals surface area contributed by atoms with E-state index in [9.17, 15) is 14.4 Å². The number of urea groups is 1. The number of aliphatic carboxylic acids is 1. The first-order chi connectivity index (χ1) is 9.23. The lowest BCUT2D eigenvalue weighted by Gasteiger charge is -2.25. The van der Waals surface area contributed by atoms with Crippen molar-refractivity contribution in [3.8, 4) is 0 Å². The number of hydrogen-bond acceptors (Lipinski definition) is 3. The van der Waals surface area contributed by atoms with Crippen molar-refractivity contribution in [1.82, 2.24) is 16.0 Å². The van der Waals surface area contributed by atoms with Crippen molar-refractivity contribution in [3.05, 3.63) is 0 Å². The minimum atomic E-state index is -1.13. The highest BCUT2D eigenvalue weighted by Gasteiger charge is 2.18. The monoisotopic (exact) mass is 287 g/mol. The molecule has 7 nitrogen and oxygen atoms in total. The Morgan fingerprint density at radius 2 is 1.45 bits per heavy atom. The van der Waals surface area contributed by atoms with Gasteiger partial charge in [-0.1, -0.05) is 27.7 Å². The molecule has 3 amide bonds. The summed E-state index contributed by atoms with van der Waals surface area (Å²) in [5.74, 6) is -0.392. The van der Waals surface area contributed by atoms with Gasteiger partial charge in [-0.2, -0.15) is 0 Å². The summed E-state index contributed by atoms with van der Waals surface area (Å²) in [6.07, 6.45) is 0. The van der Waals surface area contributed by atoms with Gasteiger partial charge in [0, 0.05) is 6.54 Å². The second-order valence-corrected chi connectivity index (χ2v) is 5.39. The first-order valence-electron chi connectivity index (χ1n) is 6.74. The van der Waals surface area contributed by atoms with Crippen molar-refractivity contribution >= 4 is 17.9 Å². The van der Waals surface area contributed by atoms with Crippen molar-refractivity contribution in [2.45, 2.75) is 27.7 Å². The summed E-state index contributed by atoms with van der Waals surface area (Å²) in [5, 5.41) is 15.6. The van der Waals surface area contributed by atoms with E-state index in [0.717, 1.165) is 0 Å². The van der Waals surface area contributed by atoms with Gasteiger partial charge in [0.05, 0.1) is 6.54 Å². The Bertz CT molecular complexity index is 335. The van der Waals surface area contributed by atoms with Gasteiger partial charge in [0.2, 0.25) is 5.91 Å². The normalized spacial score (nSPS) is 10.8. The van der Waals surface area contributed by atoms with E-state index in [-0.39, 0.29) is 6.54 Å². The van der Waals surface area contributed by atoms with Gasteiger partial charge in [-0.3, -0.25) is 9.59 Å². The lowest BCUT2D eigenvalue weighted by atomic mass is 9.85. The predicted molar refractivity (Wildman–Crippen MR) is 75.2 cm³/mol. The summed E-state index contributed by atoms with van der Waals surface area (Å²) in [7, 11) is 0. The molecule has 20 heavy (non-hydrogen) atoms. The molecule has 0 aliphatic heterocycles. The van der Waals surface area contributed by atoms with Crippen LogP contribution in [0.5, 0.6) is 0 Å². The highest BCUT2D eigenvalue weighted by atomic mass is 16.4. The molecule has 0 spiro atoms. The van der Waals surface area contributed by atoms with Crippen LogP contribution < -0.4 is 16.0 Å². The van der Waals surface area contributed by atoms with Crippen LogP contribution in [0.1, 0.15) is 27.7 Å². The Balaban J connectivity index is 3.94. The van der Waals surface area contributed by atoms with Gasteiger partial charge in [0.15, 0.2) is 0 Å². The fourth-order valence-electron chi connectivity index (χ4n) is 1.91. The average Bonchev–Trinajstić information content (AvgIpc) is 2.33. The number of rotatable bonds is 8. The van der Waals surface area contributed by atoms with Crippen LogP contribution in [-0.4, -0.2) is 42.6 Å². The number of amides is 3. The Labute approximate surface area is 119 Å². The van der Waals surface area contributed by atoms with Crippen LogP contribution >= 0.6 is 0 Å². The minimum absolute atomic E-state index is 0.243. The molecule has 0 rings (SSSR count). The Morgan fingerprint density at radius 1 is 0.900 bits per heavy atom. The molecule has 0 saturated carbocycles. The number of nitrogens with one attached hydrogen (secondary N) is 3. The molecule has 116 valence electrons. The maximum absolute atomic E-state index is 11.5. The highest BCUT2D eigenvalue weighted by Crippen LogP contribution is 2.19. The van der Waals surface area contributed by atoms with E-state index in [1.165, 1.54) is 0 Å². The van der Waals surface area contributed by atoms with Crippen LogP contribution in [0.15, 0.2) is 0 Å². The van der Waals surface area contributed by atoms with Crippen molar-refractivity contribution in [2.75, 3.05) is 19.6 Å². The van der Waals surface area contributed by atoms with E-state index in [1.807, 2.05) is 0 Å². The lowest BCUT2D eigenvalue weighted by molar-refractivity contribution is -0.137. The zero-order valence-electron chi connectivity index (χ0n) is 12.5. The van der Waals surface area contributed by atoms with Crippen LogP contribution in [0.4, 0.5) is 4.79 Å². The van der Waals surface area contributed by atoms with E-state index >= 15 is 0 Å². The van der Waals surface area contributed by atoms with Gasteiger partial charge in [0.25, 0.3) is 0 Å². The summed E-state index contributed by atoms with van der Waals surface area (Å²) >= 11 is 0. The molecule has 4 N–H and O–H groups in total. The second kappa shape index (κ2) is 9.17. The molecule has 0 unspecified atom stereocenters. The molecule has 0 radical (unpaired) electrons. The van der Waals surface area contributed by atoms with E-state index < -0.39 is 24.5 Å². The fraction of sp³-hybridized carbons (Fsp3) is 0.769. The van der Waals surface area contributed by atoms with E-state index in [4.69, 9.17) is 5.11 Å². The molecule has 0 aliphatic carbocycles. The standard InChI is InChI=1S/C13H25N3O4/c1-8(2)10(9(3)4)5-15-13(20)16-6-11(17)14-7-12(18)19/h8-10H,5-7H2,1-4H3,(H,14,17)(H,18,19)(H2,15,16,20). The highest BCUT2D eigenvalue weighted by molar-refractivity contribution is 5.86. The Hall–Kier alpha value is -1.79. The molecular weight excluding hydrogens is 262 g/mol. The third kappa shape index (κ3) is 8.34. The van der Waals surface area contributed by atoms with E-state index in [0.29, 0.717) is 24.3 Å². The van der Waals surface area contributed by atoms with Crippen LogP contribution in [0, 0.1) is 17.8 Å².